The van der Waals surface area contributed by atoms with Crippen LogP contribution >= 0.6 is 0 Å². The van der Waals surface area contributed by atoms with E-state index in [0.717, 1.165) is 31.6 Å². The van der Waals surface area contributed by atoms with Crippen molar-refractivity contribution < 1.29 is 14.3 Å². The van der Waals surface area contributed by atoms with Crippen LogP contribution in [0.1, 0.15) is 26.7 Å². The van der Waals surface area contributed by atoms with Crippen LogP contribution in [0, 0.1) is 5.92 Å². The average molecular weight is 318 g/mol. The van der Waals surface area contributed by atoms with Gasteiger partial charge in [0.25, 0.3) is 0 Å². The van der Waals surface area contributed by atoms with Gasteiger partial charge in [0.15, 0.2) is 0 Å². The summed E-state index contributed by atoms with van der Waals surface area (Å²) in [4.78, 5) is 28.3. The van der Waals surface area contributed by atoms with Gasteiger partial charge in [-0.2, -0.15) is 0 Å². The zero-order valence-electron chi connectivity index (χ0n) is 14.0. The molecule has 1 heterocycles. The van der Waals surface area contributed by atoms with E-state index in [-0.39, 0.29) is 17.8 Å². The molecule has 5 nitrogen and oxygen atoms in total. The van der Waals surface area contributed by atoms with Gasteiger partial charge in [-0.1, -0.05) is 18.2 Å². The van der Waals surface area contributed by atoms with Crippen molar-refractivity contribution in [1.29, 1.82) is 0 Å². The second-order valence-electron chi connectivity index (χ2n) is 5.78. The van der Waals surface area contributed by atoms with Crippen LogP contribution in [0.25, 0.3) is 0 Å². The SMILES string of the molecule is CCOC(=O)C1CCCN(C(=O)CN(CC)c2ccccc2)C1. The fourth-order valence-electron chi connectivity index (χ4n) is 2.94. The Balaban J connectivity index is 1.95. The lowest BCUT2D eigenvalue weighted by Gasteiger charge is -2.33. The minimum atomic E-state index is -0.181. The van der Waals surface area contributed by atoms with Gasteiger partial charge in [0.2, 0.25) is 5.91 Å². The Morgan fingerprint density at radius 3 is 2.65 bits per heavy atom. The van der Waals surface area contributed by atoms with Crippen LogP contribution in [0.3, 0.4) is 0 Å². The number of para-hydroxylation sites is 1. The van der Waals surface area contributed by atoms with E-state index >= 15 is 0 Å². The van der Waals surface area contributed by atoms with E-state index in [1.807, 2.05) is 44.2 Å². The van der Waals surface area contributed by atoms with Gasteiger partial charge in [-0.25, -0.2) is 0 Å². The van der Waals surface area contributed by atoms with Crippen molar-refractivity contribution in [1.82, 2.24) is 4.90 Å². The molecule has 23 heavy (non-hydrogen) atoms. The number of hydrogen-bond donors (Lipinski definition) is 0. The Hall–Kier alpha value is -2.04. The van der Waals surface area contributed by atoms with Crippen molar-refractivity contribution in [2.45, 2.75) is 26.7 Å². The monoisotopic (exact) mass is 318 g/mol. The molecule has 1 aromatic carbocycles. The number of nitrogens with zero attached hydrogens (tertiary/aromatic N) is 2. The van der Waals surface area contributed by atoms with Gasteiger partial charge in [-0.3, -0.25) is 9.59 Å². The zero-order chi connectivity index (χ0) is 16.7. The smallest absolute Gasteiger partial charge is 0.310 e. The van der Waals surface area contributed by atoms with Gasteiger partial charge in [-0.05, 0) is 38.8 Å². The van der Waals surface area contributed by atoms with Gasteiger partial charge in [0.05, 0.1) is 19.1 Å². The predicted molar refractivity (Wildman–Crippen MR) is 90.3 cm³/mol. The van der Waals surface area contributed by atoms with Crippen molar-refractivity contribution in [3.8, 4) is 0 Å². The number of esters is 1. The molecular formula is C18H26N2O3. The van der Waals surface area contributed by atoms with Crippen LogP contribution in [0.15, 0.2) is 30.3 Å². The lowest BCUT2D eigenvalue weighted by molar-refractivity contribution is -0.151. The molecule has 1 fully saturated rings. The summed E-state index contributed by atoms with van der Waals surface area (Å²) < 4.78 is 5.09. The van der Waals surface area contributed by atoms with Gasteiger partial charge in [0, 0.05) is 25.3 Å². The summed E-state index contributed by atoms with van der Waals surface area (Å²) in [6.45, 7) is 6.55. The van der Waals surface area contributed by atoms with Crippen LogP contribution in [0.4, 0.5) is 5.69 Å². The molecule has 1 atom stereocenters. The maximum absolute atomic E-state index is 12.6. The Morgan fingerprint density at radius 2 is 2.00 bits per heavy atom. The lowest BCUT2D eigenvalue weighted by atomic mass is 9.98. The molecule has 0 bridgehead atoms. The predicted octanol–water partition coefficient (Wildman–Crippen LogP) is 2.31. The summed E-state index contributed by atoms with van der Waals surface area (Å²) in [5, 5.41) is 0. The number of anilines is 1. The fourth-order valence-corrected chi connectivity index (χ4v) is 2.94. The third kappa shape index (κ3) is 4.71. The molecule has 0 spiro atoms. The highest BCUT2D eigenvalue weighted by Crippen LogP contribution is 2.19. The van der Waals surface area contributed by atoms with Crippen LogP contribution in [-0.2, 0) is 14.3 Å². The molecular weight excluding hydrogens is 292 g/mol. The number of amides is 1. The van der Waals surface area contributed by atoms with Crippen molar-refractivity contribution in [2.75, 3.05) is 37.7 Å². The number of piperidine rings is 1. The minimum Gasteiger partial charge on any atom is -0.466 e. The van der Waals surface area contributed by atoms with Crippen molar-refractivity contribution >= 4 is 17.6 Å². The zero-order valence-corrected chi connectivity index (χ0v) is 14.0. The molecule has 0 aromatic heterocycles. The van der Waals surface area contributed by atoms with Gasteiger partial charge in [0.1, 0.15) is 0 Å². The highest BCUT2D eigenvalue weighted by Gasteiger charge is 2.29. The minimum absolute atomic E-state index is 0.0738. The number of carbonyl (C=O) groups is 2. The molecule has 1 unspecified atom stereocenters. The number of hydrogen-bond acceptors (Lipinski definition) is 4. The van der Waals surface area contributed by atoms with Crippen LogP contribution in [0.2, 0.25) is 0 Å². The standard InChI is InChI=1S/C18H26N2O3/c1-3-19(16-10-6-5-7-11-16)14-17(21)20-12-8-9-15(13-20)18(22)23-4-2/h5-7,10-11,15H,3-4,8-9,12-14H2,1-2H3. The first-order chi connectivity index (χ1) is 11.2. The molecule has 1 aliphatic rings. The van der Waals surface area contributed by atoms with Crippen molar-refractivity contribution in [3.05, 3.63) is 30.3 Å². The molecule has 126 valence electrons. The molecule has 1 aliphatic heterocycles. The third-order valence-electron chi connectivity index (χ3n) is 4.22. The average Bonchev–Trinajstić information content (AvgIpc) is 2.60. The molecule has 1 aromatic rings. The van der Waals surface area contributed by atoms with Crippen molar-refractivity contribution in [3.63, 3.8) is 0 Å². The van der Waals surface area contributed by atoms with Crippen LogP contribution in [-0.4, -0.2) is 49.6 Å². The van der Waals surface area contributed by atoms with Gasteiger partial charge < -0.3 is 14.5 Å². The summed E-state index contributed by atoms with van der Waals surface area (Å²) in [5.74, 6) is -0.287. The van der Waals surface area contributed by atoms with E-state index in [2.05, 4.69) is 4.90 Å². The summed E-state index contributed by atoms with van der Waals surface area (Å²) in [6.07, 6.45) is 1.66. The molecule has 5 heteroatoms. The topological polar surface area (TPSA) is 49.9 Å². The first-order valence-electron chi connectivity index (χ1n) is 8.40. The fraction of sp³-hybridized carbons (Fsp3) is 0.556. The maximum atomic E-state index is 12.6. The largest absolute Gasteiger partial charge is 0.466 e. The normalized spacial score (nSPS) is 17.7. The van der Waals surface area contributed by atoms with Crippen LogP contribution in [0.5, 0.6) is 0 Å². The number of benzene rings is 1. The Morgan fingerprint density at radius 1 is 1.26 bits per heavy atom. The van der Waals surface area contributed by atoms with E-state index in [4.69, 9.17) is 4.74 Å². The second-order valence-corrected chi connectivity index (χ2v) is 5.78. The van der Waals surface area contributed by atoms with Gasteiger partial charge in [-0.15, -0.1) is 0 Å². The summed E-state index contributed by atoms with van der Waals surface area (Å²) in [7, 11) is 0. The quantitative estimate of drug-likeness (QED) is 0.755. The van der Waals surface area contributed by atoms with Gasteiger partial charge >= 0.3 is 5.97 Å². The molecule has 0 radical (unpaired) electrons. The van der Waals surface area contributed by atoms with E-state index in [1.54, 1.807) is 4.90 Å². The summed E-state index contributed by atoms with van der Waals surface area (Å²) >= 11 is 0. The van der Waals surface area contributed by atoms with E-state index in [1.165, 1.54) is 0 Å². The Bertz CT molecular complexity index is 518. The van der Waals surface area contributed by atoms with E-state index in [0.29, 0.717) is 19.7 Å². The van der Waals surface area contributed by atoms with E-state index < -0.39 is 0 Å². The van der Waals surface area contributed by atoms with Crippen molar-refractivity contribution in [2.24, 2.45) is 5.92 Å². The first-order valence-corrected chi connectivity index (χ1v) is 8.40. The second kappa shape index (κ2) is 8.56. The summed E-state index contributed by atoms with van der Waals surface area (Å²) in [5.41, 5.74) is 1.04. The van der Waals surface area contributed by atoms with E-state index in [9.17, 15) is 9.59 Å². The van der Waals surface area contributed by atoms with Crippen LogP contribution < -0.4 is 4.90 Å². The number of likely N-dealkylation sites (N-methyl/N-ethyl adjacent to an activating group) is 1. The number of likely N-dealkylation sites (tertiary alicyclic amines) is 1. The molecule has 1 saturated heterocycles. The highest BCUT2D eigenvalue weighted by atomic mass is 16.5. The Kier molecular flexibility index (Phi) is 6.44. The first kappa shape index (κ1) is 17.3. The number of rotatable bonds is 6. The molecule has 0 saturated carbocycles. The summed E-state index contributed by atoms with van der Waals surface area (Å²) in [6, 6.07) is 9.93. The number of ether oxygens (including phenoxy) is 1. The third-order valence-corrected chi connectivity index (χ3v) is 4.22. The highest BCUT2D eigenvalue weighted by molar-refractivity contribution is 5.82. The molecule has 2 rings (SSSR count). The molecule has 0 aliphatic carbocycles. The molecule has 0 N–H and O–H groups in total. The lowest BCUT2D eigenvalue weighted by Crippen LogP contribution is -2.47. The Labute approximate surface area is 138 Å². The number of carbonyl (C=O) groups excluding carboxylic acids is 2. The molecule has 1 amide bonds. The maximum Gasteiger partial charge on any atom is 0.310 e.